The predicted octanol–water partition coefficient (Wildman–Crippen LogP) is 2.95. The standard InChI is InChI=1S/C17H17NO3/c1-11-6-7-13(15(19)10-11)17(20)18-14-8-9-21-16-5-3-2-4-12(14)16/h2-7,10,14,19H,8-9H2,1H3,(H,18,20)/t14-/m0/s1. The van der Waals surface area contributed by atoms with Gasteiger partial charge in [0.25, 0.3) is 5.91 Å². The van der Waals surface area contributed by atoms with Gasteiger partial charge in [-0.1, -0.05) is 24.3 Å². The van der Waals surface area contributed by atoms with E-state index in [9.17, 15) is 9.90 Å². The van der Waals surface area contributed by atoms with Crippen molar-refractivity contribution in [1.82, 2.24) is 5.32 Å². The van der Waals surface area contributed by atoms with Gasteiger partial charge in [0.2, 0.25) is 0 Å². The van der Waals surface area contributed by atoms with Gasteiger partial charge < -0.3 is 15.2 Å². The maximum atomic E-state index is 12.3. The van der Waals surface area contributed by atoms with E-state index in [1.807, 2.05) is 37.3 Å². The van der Waals surface area contributed by atoms with Crippen LogP contribution in [0.2, 0.25) is 0 Å². The topological polar surface area (TPSA) is 58.6 Å². The van der Waals surface area contributed by atoms with E-state index in [2.05, 4.69) is 5.32 Å². The van der Waals surface area contributed by atoms with Crippen LogP contribution in [-0.2, 0) is 0 Å². The molecule has 2 aromatic carbocycles. The molecule has 0 bridgehead atoms. The Morgan fingerprint density at radius 2 is 2.10 bits per heavy atom. The summed E-state index contributed by atoms with van der Waals surface area (Å²) in [6.45, 7) is 2.44. The quantitative estimate of drug-likeness (QED) is 0.891. The molecule has 0 aromatic heterocycles. The van der Waals surface area contributed by atoms with Gasteiger partial charge in [0.05, 0.1) is 18.2 Å². The summed E-state index contributed by atoms with van der Waals surface area (Å²) in [4.78, 5) is 12.3. The van der Waals surface area contributed by atoms with E-state index in [0.717, 1.165) is 23.3 Å². The molecule has 0 spiro atoms. The van der Waals surface area contributed by atoms with Crippen molar-refractivity contribution in [2.45, 2.75) is 19.4 Å². The molecule has 2 N–H and O–H groups in total. The van der Waals surface area contributed by atoms with Crippen LogP contribution >= 0.6 is 0 Å². The Kier molecular flexibility index (Phi) is 3.52. The van der Waals surface area contributed by atoms with Gasteiger partial charge in [-0.2, -0.15) is 0 Å². The van der Waals surface area contributed by atoms with Crippen molar-refractivity contribution in [3.63, 3.8) is 0 Å². The van der Waals surface area contributed by atoms with Crippen LogP contribution in [0, 0.1) is 6.92 Å². The molecule has 1 aliphatic rings. The van der Waals surface area contributed by atoms with Crippen LogP contribution in [0.4, 0.5) is 0 Å². The fraction of sp³-hybridized carbons (Fsp3) is 0.235. The highest BCUT2D eigenvalue weighted by Gasteiger charge is 2.23. The Labute approximate surface area is 123 Å². The first kappa shape index (κ1) is 13.5. The number of rotatable bonds is 2. The van der Waals surface area contributed by atoms with Crippen LogP contribution in [0.3, 0.4) is 0 Å². The molecule has 0 fully saturated rings. The lowest BCUT2D eigenvalue weighted by molar-refractivity contribution is 0.0922. The zero-order valence-electron chi connectivity index (χ0n) is 11.8. The molecular formula is C17H17NO3. The lowest BCUT2D eigenvalue weighted by atomic mass is 10.00. The fourth-order valence-electron chi connectivity index (χ4n) is 2.56. The van der Waals surface area contributed by atoms with Crippen LogP contribution in [0.5, 0.6) is 11.5 Å². The molecule has 1 aliphatic heterocycles. The number of hydrogen-bond donors (Lipinski definition) is 2. The Bertz CT molecular complexity index is 681. The monoisotopic (exact) mass is 283 g/mol. The van der Waals surface area contributed by atoms with Crippen LogP contribution < -0.4 is 10.1 Å². The number of nitrogens with one attached hydrogen (secondary N) is 1. The smallest absolute Gasteiger partial charge is 0.255 e. The maximum absolute atomic E-state index is 12.3. The maximum Gasteiger partial charge on any atom is 0.255 e. The summed E-state index contributed by atoms with van der Waals surface area (Å²) >= 11 is 0. The van der Waals surface area contributed by atoms with Gasteiger partial charge in [0.1, 0.15) is 11.5 Å². The van der Waals surface area contributed by atoms with E-state index in [4.69, 9.17) is 4.74 Å². The Hall–Kier alpha value is -2.49. The number of ether oxygens (including phenoxy) is 1. The van der Waals surface area contributed by atoms with Crippen LogP contribution in [-0.4, -0.2) is 17.6 Å². The van der Waals surface area contributed by atoms with E-state index in [1.54, 1.807) is 12.1 Å². The van der Waals surface area contributed by atoms with Crippen molar-refractivity contribution in [2.24, 2.45) is 0 Å². The molecule has 1 amide bonds. The lowest BCUT2D eigenvalue weighted by Crippen LogP contribution is -2.32. The van der Waals surface area contributed by atoms with Crippen molar-refractivity contribution in [3.8, 4) is 11.5 Å². The van der Waals surface area contributed by atoms with E-state index in [0.29, 0.717) is 12.2 Å². The molecule has 0 saturated carbocycles. The highest BCUT2D eigenvalue weighted by atomic mass is 16.5. The third-order valence-electron chi connectivity index (χ3n) is 3.66. The van der Waals surface area contributed by atoms with Gasteiger partial charge in [0.15, 0.2) is 0 Å². The summed E-state index contributed by atoms with van der Waals surface area (Å²) in [7, 11) is 0. The Balaban J connectivity index is 1.83. The van der Waals surface area contributed by atoms with Crippen LogP contribution in [0.25, 0.3) is 0 Å². The van der Waals surface area contributed by atoms with Crippen molar-refractivity contribution in [2.75, 3.05) is 6.61 Å². The number of phenolic OH excluding ortho intramolecular Hbond substituents is 1. The largest absolute Gasteiger partial charge is 0.507 e. The number of para-hydroxylation sites is 1. The van der Waals surface area contributed by atoms with Crippen molar-refractivity contribution >= 4 is 5.91 Å². The molecule has 0 saturated heterocycles. The number of hydrogen-bond acceptors (Lipinski definition) is 3. The van der Waals surface area contributed by atoms with E-state index >= 15 is 0 Å². The number of benzene rings is 2. The van der Waals surface area contributed by atoms with Gasteiger partial charge in [-0.25, -0.2) is 0 Å². The molecule has 108 valence electrons. The number of aromatic hydroxyl groups is 1. The SMILES string of the molecule is Cc1ccc(C(=O)N[C@H]2CCOc3ccccc32)c(O)c1. The summed E-state index contributed by atoms with van der Waals surface area (Å²) in [5.74, 6) is 0.546. The Morgan fingerprint density at radius 3 is 2.90 bits per heavy atom. The number of fused-ring (bicyclic) bond motifs is 1. The molecule has 0 unspecified atom stereocenters. The second kappa shape index (κ2) is 5.48. The average Bonchev–Trinajstić information content (AvgIpc) is 2.47. The number of aryl methyl sites for hydroxylation is 1. The highest BCUT2D eigenvalue weighted by molar-refractivity contribution is 5.97. The van der Waals surface area contributed by atoms with E-state index in [1.165, 1.54) is 0 Å². The van der Waals surface area contributed by atoms with Crippen molar-refractivity contribution in [1.29, 1.82) is 0 Å². The molecule has 0 radical (unpaired) electrons. The van der Waals surface area contributed by atoms with E-state index in [-0.39, 0.29) is 17.7 Å². The molecule has 21 heavy (non-hydrogen) atoms. The minimum Gasteiger partial charge on any atom is -0.507 e. The minimum absolute atomic E-state index is 0.00726. The van der Waals surface area contributed by atoms with Crippen LogP contribution in [0.15, 0.2) is 42.5 Å². The molecule has 0 aliphatic carbocycles. The number of carbonyl (C=O) groups excluding carboxylic acids is 1. The normalized spacial score (nSPS) is 16.7. The number of phenols is 1. The lowest BCUT2D eigenvalue weighted by Gasteiger charge is -2.26. The molecule has 4 nitrogen and oxygen atoms in total. The molecule has 2 aromatic rings. The minimum atomic E-state index is -0.269. The third-order valence-corrected chi connectivity index (χ3v) is 3.66. The average molecular weight is 283 g/mol. The van der Waals surface area contributed by atoms with Crippen molar-refractivity contribution in [3.05, 3.63) is 59.2 Å². The summed E-state index contributed by atoms with van der Waals surface area (Å²) < 4.78 is 5.58. The van der Waals surface area contributed by atoms with Gasteiger partial charge in [0, 0.05) is 12.0 Å². The second-order valence-corrected chi connectivity index (χ2v) is 5.22. The summed E-state index contributed by atoms with van der Waals surface area (Å²) in [6, 6.07) is 12.6. The fourth-order valence-corrected chi connectivity index (χ4v) is 2.56. The number of carbonyl (C=O) groups is 1. The van der Waals surface area contributed by atoms with Crippen molar-refractivity contribution < 1.29 is 14.6 Å². The molecule has 1 atom stereocenters. The zero-order valence-corrected chi connectivity index (χ0v) is 11.8. The van der Waals surface area contributed by atoms with Crippen LogP contribution in [0.1, 0.15) is 33.9 Å². The first-order chi connectivity index (χ1) is 10.1. The van der Waals surface area contributed by atoms with Gasteiger partial charge in [-0.15, -0.1) is 0 Å². The van der Waals surface area contributed by atoms with Gasteiger partial charge >= 0.3 is 0 Å². The zero-order chi connectivity index (χ0) is 14.8. The summed E-state index contributed by atoms with van der Waals surface area (Å²) in [6.07, 6.45) is 0.718. The first-order valence-corrected chi connectivity index (χ1v) is 6.97. The van der Waals surface area contributed by atoms with Gasteiger partial charge in [-0.3, -0.25) is 4.79 Å². The summed E-state index contributed by atoms with van der Waals surface area (Å²) in [5.41, 5.74) is 2.19. The number of amides is 1. The van der Waals surface area contributed by atoms with Gasteiger partial charge in [-0.05, 0) is 30.7 Å². The first-order valence-electron chi connectivity index (χ1n) is 6.97. The molecular weight excluding hydrogens is 266 g/mol. The second-order valence-electron chi connectivity index (χ2n) is 5.22. The molecule has 3 rings (SSSR count). The predicted molar refractivity (Wildman–Crippen MR) is 79.6 cm³/mol. The molecule has 1 heterocycles. The molecule has 4 heteroatoms. The highest BCUT2D eigenvalue weighted by Crippen LogP contribution is 2.32. The van der Waals surface area contributed by atoms with E-state index < -0.39 is 0 Å². The Morgan fingerprint density at radius 1 is 1.29 bits per heavy atom. The summed E-state index contributed by atoms with van der Waals surface area (Å²) in [5, 5.41) is 12.9. The third kappa shape index (κ3) is 2.70.